The first-order valence-corrected chi connectivity index (χ1v) is 2.70. The molecule has 2 N–H and O–H groups in total. The minimum Gasteiger partial charge on any atom is -0.378 e. The zero-order valence-electron chi connectivity index (χ0n) is 5.94. The molecule has 4 heteroatoms. The summed E-state index contributed by atoms with van der Waals surface area (Å²) in [5.74, 6) is 0. The van der Waals surface area contributed by atoms with E-state index in [1.54, 1.807) is 12.1 Å². The van der Waals surface area contributed by atoms with Gasteiger partial charge in [0.2, 0.25) is 0 Å². The second-order valence-electron chi connectivity index (χ2n) is 1.61. The van der Waals surface area contributed by atoms with Gasteiger partial charge in [0.15, 0.2) is 0 Å². The number of nitriles is 2. The summed E-state index contributed by atoms with van der Waals surface area (Å²) in [4.78, 5) is 0. The quantitative estimate of drug-likeness (QED) is 0.458. The molecular formula is C6H10N2O2. The van der Waals surface area contributed by atoms with E-state index in [0.717, 1.165) is 0 Å². The van der Waals surface area contributed by atoms with Gasteiger partial charge in [-0.25, -0.2) is 0 Å². The number of rotatable bonds is 0. The Bertz CT molecular complexity index is 123. The van der Waals surface area contributed by atoms with Crippen molar-refractivity contribution in [2.75, 3.05) is 0 Å². The van der Waals surface area contributed by atoms with E-state index in [4.69, 9.17) is 20.7 Å². The third-order valence-corrected chi connectivity index (χ3v) is 0.374. The van der Waals surface area contributed by atoms with E-state index < -0.39 is 12.2 Å². The lowest BCUT2D eigenvalue weighted by Crippen LogP contribution is -1.90. The SMILES string of the molecule is CC(O)C#N.CC(O)C#N. The van der Waals surface area contributed by atoms with Gasteiger partial charge >= 0.3 is 0 Å². The molecule has 2 unspecified atom stereocenters. The van der Waals surface area contributed by atoms with Gasteiger partial charge in [-0.3, -0.25) is 0 Å². The largest absolute Gasteiger partial charge is 0.378 e. The molecule has 0 heterocycles. The van der Waals surface area contributed by atoms with E-state index in [9.17, 15) is 0 Å². The van der Waals surface area contributed by atoms with Crippen molar-refractivity contribution < 1.29 is 10.2 Å². The van der Waals surface area contributed by atoms with Gasteiger partial charge in [0.05, 0.1) is 12.1 Å². The number of hydrogen-bond donors (Lipinski definition) is 2. The second kappa shape index (κ2) is 7.90. The van der Waals surface area contributed by atoms with Crippen LogP contribution >= 0.6 is 0 Å². The average molecular weight is 142 g/mol. The molecule has 0 aromatic rings. The fraction of sp³-hybridized carbons (Fsp3) is 0.667. The topological polar surface area (TPSA) is 88.0 Å². The van der Waals surface area contributed by atoms with Gasteiger partial charge in [-0.15, -0.1) is 0 Å². The number of nitrogens with zero attached hydrogens (tertiary/aromatic N) is 2. The fourth-order valence-corrected chi connectivity index (χ4v) is 0. The van der Waals surface area contributed by atoms with E-state index >= 15 is 0 Å². The van der Waals surface area contributed by atoms with Crippen LogP contribution in [0.15, 0.2) is 0 Å². The number of hydrogen-bond acceptors (Lipinski definition) is 4. The molecule has 0 spiro atoms. The number of aliphatic hydroxyl groups is 2. The minimum absolute atomic E-state index is 0.810. The van der Waals surface area contributed by atoms with Gasteiger partial charge in [-0.05, 0) is 13.8 Å². The Morgan fingerprint density at radius 2 is 1.10 bits per heavy atom. The third-order valence-electron chi connectivity index (χ3n) is 0.374. The highest BCUT2D eigenvalue weighted by Gasteiger charge is 1.80. The Balaban J connectivity index is 0. The van der Waals surface area contributed by atoms with E-state index in [-0.39, 0.29) is 0 Å². The maximum absolute atomic E-state index is 8.00. The Hall–Kier alpha value is -1.10. The van der Waals surface area contributed by atoms with Crippen molar-refractivity contribution >= 4 is 0 Å². The molecule has 0 aromatic carbocycles. The maximum atomic E-state index is 8.00. The van der Waals surface area contributed by atoms with Crippen molar-refractivity contribution in [1.82, 2.24) is 0 Å². The number of aliphatic hydroxyl groups excluding tert-OH is 2. The molecular weight excluding hydrogens is 132 g/mol. The highest BCUT2D eigenvalue weighted by atomic mass is 16.3. The summed E-state index contributed by atoms with van der Waals surface area (Å²) in [6, 6.07) is 3.17. The first-order valence-electron chi connectivity index (χ1n) is 2.70. The van der Waals surface area contributed by atoms with Crippen molar-refractivity contribution in [2.45, 2.75) is 26.1 Å². The predicted molar refractivity (Wildman–Crippen MR) is 34.6 cm³/mol. The lowest BCUT2D eigenvalue weighted by atomic mass is 10.5. The molecule has 0 rings (SSSR count). The van der Waals surface area contributed by atoms with Crippen LogP contribution in [0.4, 0.5) is 0 Å². The van der Waals surface area contributed by atoms with E-state index in [2.05, 4.69) is 0 Å². The Morgan fingerprint density at radius 3 is 1.10 bits per heavy atom. The summed E-state index contributed by atoms with van der Waals surface area (Å²) in [5, 5.41) is 31.3. The predicted octanol–water partition coefficient (Wildman–Crippen LogP) is -0.218. The van der Waals surface area contributed by atoms with Crippen LogP contribution in [0, 0.1) is 22.7 Å². The highest BCUT2D eigenvalue weighted by Crippen LogP contribution is 1.66. The van der Waals surface area contributed by atoms with Gasteiger partial charge in [-0.1, -0.05) is 0 Å². The molecule has 4 nitrogen and oxygen atoms in total. The van der Waals surface area contributed by atoms with Crippen LogP contribution in [0.5, 0.6) is 0 Å². The van der Waals surface area contributed by atoms with Crippen molar-refractivity contribution in [1.29, 1.82) is 10.5 Å². The van der Waals surface area contributed by atoms with E-state index in [1.807, 2.05) is 0 Å². The molecule has 0 saturated carbocycles. The van der Waals surface area contributed by atoms with Gasteiger partial charge < -0.3 is 10.2 Å². The monoisotopic (exact) mass is 142 g/mol. The van der Waals surface area contributed by atoms with Gasteiger partial charge in [0.1, 0.15) is 12.2 Å². The molecule has 0 bridgehead atoms. The summed E-state index contributed by atoms with van der Waals surface area (Å²) in [6.07, 6.45) is -1.62. The lowest BCUT2D eigenvalue weighted by molar-refractivity contribution is 0.250. The molecule has 0 radical (unpaired) electrons. The molecule has 0 amide bonds. The molecule has 0 saturated heterocycles. The Kier molecular flexibility index (Phi) is 9.22. The maximum Gasteiger partial charge on any atom is 0.137 e. The summed E-state index contributed by atoms with van der Waals surface area (Å²) >= 11 is 0. The summed E-state index contributed by atoms with van der Waals surface area (Å²) < 4.78 is 0. The summed E-state index contributed by atoms with van der Waals surface area (Å²) in [6.45, 7) is 2.83. The standard InChI is InChI=1S/2C3H5NO/c2*1-3(5)2-4/h2*3,5H,1H3. The molecule has 0 aromatic heterocycles. The van der Waals surface area contributed by atoms with Crippen molar-refractivity contribution in [2.24, 2.45) is 0 Å². The molecule has 10 heavy (non-hydrogen) atoms. The lowest BCUT2D eigenvalue weighted by Gasteiger charge is -1.76. The molecule has 2 atom stereocenters. The molecule has 0 aliphatic heterocycles. The van der Waals surface area contributed by atoms with Crippen LogP contribution < -0.4 is 0 Å². The zero-order chi connectivity index (χ0) is 8.57. The molecule has 0 aliphatic carbocycles. The van der Waals surface area contributed by atoms with Crippen molar-refractivity contribution in [3.8, 4) is 12.1 Å². The third kappa shape index (κ3) is 28.6. The molecule has 0 fully saturated rings. The second-order valence-corrected chi connectivity index (χ2v) is 1.61. The van der Waals surface area contributed by atoms with Gasteiger partial charge in [-0.2, -0.15) is 10.5 Å². The van der Waals surface area contributed by atoms with Crippen LogP contribution in [0.3, 0.4) is 0 Å². The minimum atomic E-state index is -0.810. The molecule has 56 valence electrons. The van der Waals surface area contributed by atoms with Crippen molar-refractivity contribution in [3.63, 3.8) is 0 Å². The fourth-order valence-electron chi connectivity index (χ4n) is 0. The van der Waals surface area contributed by atoms with Crippen LogP contribution in [0.1, 0.15) is 13.8 Å². The van der Waals surface area contributed by atoms with E-state index in [0.29, 0.717) is 0 Å². The molecule has 0 aliphatic rings. The highest BCUT2D eigenvalue weighted by molar-refractivity contribution is 4.76. The first kappa shape index (κ1) is 11.7. The van der Waals surface area contributed by atoms with Crippen molar-refractivity contribution in [3.05, 3.63) is 0 Å². The van der Waals surface area contributed by atoms with Crippen LogP contribution in [0.25, 0.3) is 0 Å². The van der Waals surface area contributed by atoms with Crippen LogP contribution in [-0.4, -0.2) is 22.4 Å². The van der Waals surface area contributed by atoms with Crippen LogP contribution in [-0.2, 0) is 0 Å². The smallest absolute Gasteiger partial charge is 0.137 e. The zero-order valence-corrected chi connectivity index (χ0v) is 5.94. The normalized spacial score (nSPS) is 13.0. The summed E-state index contributed by atoms with van der Waals surface area (Å²) in [7, 11) is 0. The van der Waals surface area contributed by atoms with Gasteiger partial charge in [0.25, 0.3) is 0 Å². The van der Waals surface area contributed by atoms with Crippen LogP contribution in [0.2, 0.25) is 0 Å². The average Bonchev–Trinajstić information content (AvgIpc) is 1.89. The summed E-state index contributed by atoms with van der Waals surface area (Å²) in [5.41, 5.74) is 0. The Morgan fingerprint density at radius 1 is 1.00 bits per heavy atom. The van der Waals surface area contributed by atoms with Gasteiger partial charge in [0, 0.05) is 0 Å². The first-order chi connectivity index (χ1) is 4.54. The Labute approximate surface area is 59.9 Å². The van der Waals surface area contributed by atoms with E-state index in [1.165, 1.54) is 13.8 Å².